The fourth-order valence-electron chi connectivity index (χ4n) is 0.393. The molecule has 3 nitrogen and oxygen atoms in total. The average Bonchev–Trinajstić information content (AvgIpc) is 1.98. The van der Waals surface area contributed by atoms with E-state index in [9.17, 15) is 0 Å². The highest BCUT2D eigenvalue weighted by Crippen LogP contribution is 1.77. The van der Waals surface area contributed by atoms with Gasteiger partial charge in [0.2, 0.25) is 0 Å². The monoisotopic (exact) mass is 141 g/mol. The van der Waals surface area contributed by atoms with Crippen LogP contribution in [0.15, 0.2) is 17.3 Å². The Labute approximate surface area is 62.4 Å². The molecule has 0 spiro atoms. The van der Waals surface area contributed by atoms with Crippen molar-refractivity contribution in [3.05, 3.63) is 12.2 Å². The zero-order valence-corrected chi connectivity index (χ0v) is 6.83. The van der Waals surface area contributed by atoms with Gasteiger partial charge >= 0.3 is 0 Å². The lowest BCUT2D eigenvalue weighted by Crippen LogP contribution is -2.24. The van der Waals surface area contributed by atoms with Crippen molar-refractivity contribution < 1.29 is 0 Å². The third-order valence-corrected chi connectivity index (χ3v) is 1.02. The molecule has 0 saturated heterocycles. The van der Waals surface area contributed by atoms with Crippen LogP contribution in [0.25, 0.3) is 0 Å². The molecule has 0 aliphatic rings. The Morgan fingerprint density at radius 3 is 2.80 bits per heavy atom. The van der Waals surface area contributed by atoms with Gasteiger partial charge in [0.1, 0.15) is 0 Å². The van der Waals surface area contributed by atoms with E-state index in [0.717, 1.165) is 6.42 Å². The van der Waals surface area contributed by atoms with Crippen LogP contribution in [0.2, 0.25) is 0 Å². The Morgan fingerprint density at radius 2 is 2.30 bits per heavy atom. The molecule has 0 atom stereocenters. The van der Waals surface area contributed by atoms with Crippen LogP contribution in [0.1, 0.15) is 13.3 Å². The minimum absolute atomic E-state index is 1.05. The van der Waals surface area contributed by atoms with Gasteiger partial charge in [0.15, 0.2) is 0 Å². The van der Waals surface area contributed by atoms with Crippen molar-refractivity contribution >= 4 is 6.21 Å². The molecule has 0 aliphatic carbocycles. The van der Waals surface area contributed by atoms with Crippen LogP contribution < -0.4 is 5.43 Å². The first-order valence-electron chi connectivity index (χ1n) is 3.41. The summed E-state index contributed by atoms with van der Waals surface area (Å²) in [5, 5.41) is 5.63. The fourth-order valence-corrected chi connectivity index (χ4v) is 0.393. The first-order chi connectivity index (χ1) is 4.81. The predicted octanol–water partition coefficient (Wildman–Crippen LogP) is 1.00. The Hall–Kier alpha value is -0.830. The summed E-state index contributed by atoms with van der Waals surface area (Å²) in [5.41, 5.74) is 2.84. The summed E-state index contributed by atoms with van der Waals surface area (Å²) < 4.78 is 0. The summed E-state index contributed by atoms with van der Waals surface area (Å²) in [7, 11) is 3.66. The molecule has 0 fully saturated rings. The first-order valence-corrected chi connectivity index (χ1v) is 3.41. The SMILES string of the molecule is CC/C=C\C=N\N(C)NC. The van der Waals surface area contributed by atoms with Crippen molar-refractivity contribution in [2.45, 2.75) is 13.3 Å². The molecule has 3 heteroatoms. The number of rotatable bonds is 4. The quantitative estimate of drug-likeness (QED) is 0.467. The lowest BCUT2D eigenvalue weighted by Gasteiger charge is -2.07. The van der Waals surface area contributed by atoms with Crippen molar-refractivity contribution in [1.29, 1.82) is 0 Å². The summed E-state index contributed by atoms with van der Waals surface area (Å²) in [6.45, 7) is 2.09. The van der Waals surface area contributed by atoms with Gasteiger partial charge in [0.25, 0.3) is 0 Å². The summed E-state index contributed by atoms with van der Waals surface area (Å²) in [6, 6.07) is 0. The lowest BCUT2D eigenvalue weighted by atomic mass is 10.4. The van der Waals surface area contributed by atoms with Gasteiger partial charge in [-0.25, -0.2) is 10.5 Å². The van der Waals surface area contributed by atoms with E-state index in [1.54, 1.807) is 11.3 Å². The maximum absolute atomic E-state index is 3.99. The van der Waals surface area contributed by atoms with E-state index in [-0.39, 0.29) is 0 Å². The Kier molecular flexibility index (Phi) is 5.77. The van der Waals surface area contributed by atoms with E-state index < -0.39 is 0 Å². The van der Waals surface area contributed by atoms with Crippen molar-refractivity contribution in [3.63, 3.8) is 0 Å². The van der Waals surface area contributed by atoms with Crippen molar-refractivity contribution in [2.24, 2.45) is 5.10 Å². The van der Waals surface area contributed by atoms with Gasteiger partial charge in [-0.1, -0.05) is 13.0 Å². The molecule has 0 rings (SSSR count). The van der Waals surface area contributed by atoms with Gasteiger partial charge in [-0.3, -0.25) is 0 Å². The second-order valence-electron chi connectivity index (χ2n) is 1.85. The maximum atomic E-state index is 3.99. The average molecular weight is 141 g/mol. The van der Waals surface area contributed by atoms with Gasteiger partial charge < -0.3 is 0 Å². The number of hydrazone groups is 1. The second kappa shape index (κ2) is 6.29. The number of hydrogen-bond acceptors (Lipinski definition) is 3. The third kappa shape index (κ3) is 5.31. The molecule has 0 aromatic heterocycles. The Morgan fingerprint density at radius 1 is 1.60 bits per heavy atom. The van der Waals surface area contributed by atoms with E-state index >= 15 is 0 Å². The van der Waals surface area contributed by atoms with Gasteiger partial charge in [0.05, 0.1) is 0 Å². The van der Waals surface area contributed by atoms with E-state index in [0.29, 0.717) is 0 Å². The minimum atomic E-state index is 1.05. The zero-order valence-electron chi connectivity index (χ0n) is 6.83. The number of nitrogens with zero attached hydrogens (tertiary/aromatic N) is 2. The minimum Gasteiger partial charge on any atom is -0.233 e. The van der Waals surface area contributed by atoms with Crippen LogP contribution >= 0.6 is 0 Å². The van der Waals surface area contributed by atoms with Crippen LogP contribution in [-0.2, 0) is 0 Å². The Bertz CT molecular complexity index is 118. The number of allylic oxidation sites excluding steroid dienone is 2. The van der Waals surface area contributed by atoms with Crippen molar-refractivity contribution in [1.82, 2.24) is 10.5 Å². The van der Waals surface area contributed by atoms with E-state index in [1.165, 1.54) is 0 Å². The van der Waals surface area contributed by atoms with E-state index in [2.05, 4.69) is 17.5 Å². The summed E-state index contributed by atoms with van der Waals surface area (Å²) in [5.74, 6) is 0. The molecule has 0 bridgehead atoms. The topological polar surface area (TPSA) is 27.6 Å². The third-order valence-electron chi connectivity index (χ3n) is 1.02. The van der Waals surface area contributed by atoms with Crippen molar-refractivity contribution in [2.75, 3.05) is 14.1 Å². The lowest BCUT2D eigenvalue weighted by molar-refractivity contribution is 0.276. The molecule has 0 aliphatic heterocycles. The molecule has 0 amide bonds. The molecule has 10 heavy (non-hydrogen) atoms. The predicted molar refractivity (Wildman–Crippen MR) is 44.7 cm³/mol. The molecule has 0 saturated carbocycles. The van der Waals surface area contributed by atoms with Gasteiger partial charge in [-0.15, -0.1) is 0 Å². The molecular weight excluding hydrogens is 126 g/mol. The van der Waals surface area contributed by atoms with Crippen LogP contribution in [0.4, 0.5) is 0 Å². The molecule has 0 aromatic carbocycles. The smallest absolute Gasteiger partial charge is 0.0482 e. The fraction of sp³-hybridized carbons (Fsp3) is 0.571. The standard InChI is InChI=1S/C7H15N3/c1-4-5-6-7-9-10(3)8-2/h5-8H,4H2,1-3H3/b6-5-,9-7+. The van der Waals surface area contributed by atoms with Crippen LogP contribution in [-0.4, -0.2) is 25.4 Å². The van der Waals surface area contributed by atoms with E-state index in [4.69, 9.17) is 0 Å². The highest BCUT2D eigenvalue weighted by atomic mass is 15.7. The largest absolute Gasteiger partial charge is 0.233 e. The van der Waals surface area contributed by atoms with Gasteiger partial charge in [-0.05, 0) is 12.5 Å². The molecule has 0 heterocycles. The van der Waals surface area contributed by atoms with Crippen LogP contribution in [0, 0.1) is 0 Å². The maximum Gasteiger partial charge on any atom is 0.0482 e. The van der Waals surface area contributed by atoms with Crippen LogP contribution in [0.3, 0.4) is 0 Å². The molecule has 0 aromatic rings. The van der Waals surface area contributed by atoms with Crippen LogP contribution in [0.5, 0.6) is 0 Å². The molecule has 0 radical (unpaired) electrons. The molecular formula is C7H15N3. The molecule has 1 N–H and O–H groups in total. The molecule has 0 unspecified atom stereocenters. The summed E-state index contributed by atoms with van der Waals surface area (Å²) >= 11 is 0. The Balaban J connectivity index is 3.44. The highest BCUT2D eigenvalue weighted by molar-refractivity contribution is 5.70. The molecule has 58 valence electrons. The second-order valence-corrected chi connectivity index (χ2v) is 1.85. The van der Waals surface area contributed by atoms with Crippen molar-refractivity contribution in [3.8, 4) is 0 Å². The highest BCUT2D eigenvalue weighted by Gasteiger charge is 1.77. The zero-order chi connectivity index (χ0) is 7.82. The summed E-state index contributed by atoms with van der Waals surface area (Å²) in [6.07, 6.45) is 6.77. The van der Waals surface area contributed by atoms with Gasteiger partial charge in [0, 0.05) is 20.3 Å². The number of hydrogen-bond donors (Lipinski definition) is 1. The number of nitrogens with one attached hydrogen (secondary N) is 1. The number of hydrazine groups is 1. The van der Waals surface area contributed by atoms with E-state index in [1.807, 2.05) is 26.2 Å². The first kappa shape index (κ1) is 9.17. The van der Waals surface area contributed by atoms with Gasteiger partial charge in [-0.2, -0.15) is 5.10 Å². The summed E-state index contributed by atoms with van der Waals surface area (Å²) in [4.78, 5) is 0. The normalized spacial score (nSPS) is 11.5.